The zero-order valence-electron chi connectivity index (χ0n) is 8.01. The van der Waals surface area contributed by atoms with Crippen molar-refractivity contribution in [2.75, 3.05) is 24.3 Å². The van der Waals surface area contributed by atoms with Crippen molar-refractivity contribution in [3.8, 4) is 0 Å². The third-order valence-corrected chi connectivity index (χ3v) is 4.31. The molecule has 1 fully saturated rings. The third kappa shape index (κ3) is 3.58. The molecule has 0 amide bonds. The Morgan fingerprint density at radius 2 is 2.42 bits per heavy atom. The van der Waals surface area contributed by atoms with Crippen LogP contribution in [0.1, 0.15) is 19.8 Å². The lowest BCUT2D eigenvalue weighted by Crippen LogP contribution is -2.40. The van der Waals surface area contributed by atoms with Gasteiger partial charge in [-0.1, -0.05) is 6.92 Å². The molecule has 0 aromatic rings. The van der Waals surface area contributed by atoms with Crippen molar-refractivity contribution in [1.29, 1.82) is 0 Å². The molecule has 1 N–H and O–H groups in total. The monoisotopic (exact) mass is 205 g/mol. The van der Waals surface area contributed by atoms with Crippen molar-refractivity contribution >= 4 is 23.5 Å². The molecule has 3 heteroatoms. The number of thioether (sulfide) groups is 2. The Labute approximate surface area is 84.4 Å². The lowest BCUT2D eigenvalue weighted by Gasteiger charge is -2.29. The van der Waals surface area contributed by atoms with E-state index < -0.39 is 0 Å². The van der Waals surface area contributed by atoms with Crippen molar-refractivity contribution in [2.45, 2.75) is 31.1 Å². The largest absolute Gasteiger partial charge is 0.312 e. The summed E-state index contributed by atoms with van der Waals surface area (Å²) in [6.45, 7) is 3.53. The molecule has 0 aromatic carbocycles. The highest BCUT2D eigenvalue weighted by molar-refractivity contribution is 8.00. The van der Waals surface area contributed by atoms with E-state index in [-0.39, 0.29) is 0 Å². The topological polar surface area (TPSA) is 12.0 Å². The van der Waals surface area contributed by atoms with Gasteiger partial charge in [0.1, 0.15) is 0 Å². The predicted octanol–water partition coefficient (Wildman–Crippen LogP) is 2.22. The Balaban J connectivity index is 2.11. The summed E-state index contributed by atoms with van der Waals surface area (Å²) in [5.41, 5.74) is 0. The Kier molecular flexibility index (Phi) is 5.52. The van der Waals surface area contributed by atoms with E-state index in [0.29, 0.717) is 0 Å². The Bertz CT molecular complexity index is 119. The molecule has 0 aliphatic carbocycles. The first-order chi connectivity index (χ1) is 5.84. The molecule has 0 saturated carbocycles. The van der Waals surface area contributed by atoms with Gasteiger partial charge < -0.3 is 5.32 Å². The van der Waals surface area contributed by atoms with Gasteiger partial charge in [0.15, 0.2) is 0 Å². The molecule has 2 unspecified atom stereocenters. The summed E-state index contributed by atoms with van der Waals surface area (Å²) in [6, 6.07) is 0.774. The number of hydrogen-bond acceptors (Lipinski definition) is 3. The predicted molar refractivity (Wildman–Crippen MR) is 61.3 cm³/mol. The molecule has 0 spiro atoms. The van der Waals surface area contributed by atoms with Gasteiger partial charge in [-0.2, -0.15) is 23.5 Å². The Hall–Kier alpha value is 0.660. The van der Waals surface area contributed by atoms with Gasteiger partial charge in [0, 0.05) is 23.6 Å². The van der Waals surface area contributed by atoms with Gasteiger partial charge in [0.25, 0.3) is 0 Å². The minimum atomic E-state index is 0.774. The lowest BCUT2D eigenvalue weighted by atomic mass is 10.1. The van der Waals surface area contributed by atoms with Crippen LogP contribution in [-0.4, -0.2) is 35.6 Å². The quantitative estimate of drug-likeness (QED) is 0.707. The molecule has 1 aliphatic rings. The van der Waals surface area contributed by atoms with Crippen LogP contribution >= 0.6 is 23.5 Å². The van der Waals surface area contributed by atoms with Gasteiger partial charge in [-0.15, -0.1) is 0 Å². The van der Waals surface area contributed by atoms with Crippen molar-refractivity contribution in [3.63, 3.8) is 0 Å². The van der Waals surface area contributed by atoms with Crippen LogP contribution in [0.5, 0.6) is 0 Å². The summed E-state index contributed by atoms with van der Waals surface area (Å²) in [7, 11) is 0. The van der Waals surface area contributed by atoms with E-state index in [1.165, 1.54) is 30.9 Å². The minimum Gasteiger partial charge on any atom is -0.312 e. The zero-order chi connectivity index (χ0) is 8.81. The molecule has 1 rings (SSSR count). The van der Waals surface area contributed by atoms with E-state index >= 15 is 0 Å². The van der Waals surface area contributed by atoms with Gasteiger partial charge in [0.05, 0.1) is 0 Å². The smallest absolute Gasteiger partial charge is 0.0184 e. The average Bonchev–Trinajstić information content (AvgIpc) is 2.09. The number of rotatable bonds is 4. The van der Waals surface area contributed by atoms with Crippen molar-refractivity contribution in [2.24, 2.45) is 0 Å². The first-order valence-corrected chi connectivity index (χ1v) is 7.13. The van der Waals surface area contributed by atoms with Crippen LogP contribution in [0.15, 0.2) is 0 Å². The summed E-state index contributed by atoms with van der Waals surface area (Å²) in [5.74, 6) is 2.61. The van der Waals surface area contributed by atoms with E-state index in [1.807, 2.05) is 11.8 Å². The van der Waals surface area contributed by atoms with E-state index in [1.54, 1.807) is 0 Å². The summed E-state index contributed by atoms with van der Waals surface area (Å²) in [4.78, 5) is 0. The molecule has 1 nitrogen and oxygen atoms in total. The summed E-state index contributed by atoms with van der Waals surface area (Å²) >= 11 is 4.04. The second kappa shape index (κ2) is 6.17. The molecular weight excluding hydrogens is 186 g/mol. The summed E-state index contributed by atoms with van der Waals surface area (Å²) < 4.78 is 0. The van der Waals surface area contributed by atoms with Gasteiger partial charge in [0.2, 0.25) is 0 Å². The molecule has 0 radical (unpaired) electrons. The summed E-state index contributed by atoms with van der Waals surface area (Å²) in [6.07, 6.45) is 4.94. The van der Waals surface area contributed by atoms with Crippen LogP contribution in [0, 0.1) is 0 Å². The molecule has 0 bridgehead atoms. The first kappa shape index (κ1) is 10.7. The maximum Gasteiger partial charge on any atom is 0.0184 e. The molecule has 1 saturated heterocycles. The van der Waals surface area contributed by atoms with Crippen LogP contribution in [0.3, 0.4) is 0 Å². The van der Waals surface area contributed by atoms with E-state index in [2.05, 4.69) is 30.3 Å². The summed E-state index contributed by atoms with van der Waals surface area (Å²) in [5, 5.41) is 4.45. The number of nitrogens with one attached hydrogen (secondary N) is 1. The zero-order valence-corrected chi connectivity index (χ0v) is 9.64. The maximum atomic E-state index is 3.63. The van der Waals surface area contributed by atoms with Crippen LogP contribution < -0.4 is 5.32 Å². The van der Waals surface area contributed by atoms with E-state index in [0.717, 1.165) is 11.3 Å². The average molecular weight is 205 g/mol. The van der Waals surface area contributed by atoms with Crippen molar-refractivity contribution < 1.29 is 0 Å². The fourth-order valence-electron chi connectivity index (χ4n) is 1.54. The van der Waals surface area contributed by atoms with Gasteiger partial charge in [-0.05, 0) is 24.9 Å². The SMILES string of the molecule is CSCCNC1CCCSC1C. The van der Waals surface area contributed by atoms with Gasteiger partial charge in [-0.25, -0.2) is 0 Å². The van der Waals surface area contributed by atoms with Gasteiger partial charge >= 0.3 is 0 Å². The first-order valence-electron chi connectivity index (χ1n) is 4.68. The highest BCUT2D eigenvalue weighted by Gasteiger charge is 2.20. The standard InChI is InChI=1S/C9H19NS2/c1-8-9(4-3-6-12-8)10-5-7-11-2/h8-10H,3-7H2,1-2H3. The fourth-order valence-corrected chi connectivity index (χ4v) is 3.03. The molecule has 72 valence electrons. The maximum absolute atomic E-state index is 3.63. The van der Waals surface area contributed by atoms with Crippen LogP contribution in [0.4, 0.5) is 0 Å². The molecular formula is C9H19NS2. The minimum absolute atomic E-state index is 0.774. The van der Waals surface area contributed by atoms with Crippen molar-refractivity contribution in [3.05, 3.63) is 0 Å². The van der Waals surface area contributed by atoms with Crippen LogP contribution in [0.25, 0.3) is 0 Å². The molecule has 1 heterocycles. The highest BCUT2D eigenvalue weighted by Crippen LogP contribution is 2.24. The molecule has 0 aromatic heterocycles. The van der Waals surface area contributed by atoms with E-state index in [4.69, 9.17) is 0 Å². The number of hydrogen-bond donors (Lipinski definition) is 1. The molecule has 12 heavy (non-hydrogen) atoms. The van der Waals surface area contributed by atoms with Crippen LogP contribution in [-0.2, 0) is 0 Å². The fraction of sp³-hybridized carbons (Fsp3) is 1.00. The van der Waals surface area contributed by atoms with Crippen LogP contribution in [0.2, 0.25) is 0 Å². The second-order valence-corrected chi connectivity index (χ2v) is 5.74. The van der Waals surface area contributed by atoms with Crippen molar-refractivity contribution in [1.82, 2.24) is 5.32 Å². The van der Waals surface area contributed by atoms with E-state index in [9.17, 15) is 0 Å². The van der Waals surface area contributed by atoms with Gasteiger partial charge in [-0.3, -0.25) is 0 Å². The third-order valence-electron chi connectivity index (χ3n) is 2.32. The Morgan fingerprint density at radius 1 is 1.58 bits per heavy atom. The second-order valence-electron chi connectivity index (χ2n) is 3.27. The Morgan fingerprint density at radius 3 is 3.08 bits per heavy atom. The highest BCUT2D eigenvalue weighted by atomic mass is 32.2. The molecule has 2 atom stereocenters. The lowest BCUT2D eigenvalue weighted by molar-refractivity contribution is 0.477. The normalized spacial score (nSPS) is 30.5. The molecule has 1 aliphatic heterocycles.